The SMILES string of the molecule is CSc1ccc(NC(=O)Cc2cccc(O)c2)cc1. The number of amides is 1. The van der Waals surface area contributed by atoms with E-state index in [1.807, 2.05) is 36.6 Å². The number of phenolic OH excluding ortho intramolecular Hbond substituents is 1. The van der Waals surface area contributed by atoms with E-state index in [1.54, 1.807) is 30.0 Å². The molecule has 4 heteroatoms. The predicted octanol–water partition coefficient (Wildman–Crippen LogP) is 3.30. The van der Waals surface area contributed by atoms with Crippen LogP contribution in [0.3, 0.4) is 0 Å². The third-order valence-corrected chi connectivity index (χ3v) is 3.39. The van der Waals surface area contributed by atoms with Crippen LogP contribution in [-0.2, 0) is 11.2 Å². The number of benzene rings is 2. The summed E-state index contributed by atoms with van der Waals surface area (Å²) >= 11 is 1.66. The van der Waals surface area contributed by atoms with E-state index in [4.69, 9.17) is 0 Å². The number of hydrogen-bond donors (Lipinski definition) is 2. The summed E-state index contributed by atoms with van der Waals surface area (Å²) in [7, 11) is 0. The lowest BCUT2D eigenvalue weighted by Gasteiger charge is -2.06. The van der Waals surface area contributed by atoms with Gasteiger partial charge in [0.25, 0.3) is 0 Å². The molecule has 2 rings (SSSR count). The third kappa shape index (κ3) is 4.03. The summed E-state index contributed by atoms with van der Waals surface area (Å²) in [4.78, 5) is 13.0. The highest BCUT2D eigenvalue weighted by atomic mass is 32.2. The zero-order valence-electron chi connectivity index (χ0n) is 10.6. The van der Waals surface area contributed by atoms with E-state index in [-0.39, 0.29) is 18.1 Å². The minimum atomic E-state index is -0.0949. The molecule has 2 aromatic carbocycles. The van der Waals surface area contributed by atoms with Gasteiger partial charge in [0, 0.05) is 10.6 Å². The van der Waals surface area contributed by atoms with Crippen molar-refractivity contribution in [2.45, 2.75) is 11.3 Å². The average Bonchev–Trinajstić information content (AvgIpc) is 2.39. The molecule has 0 saturated heterocycles. The van der Waals surface area contributed by atoms with Gasteiger partial charge < -0.3 is 10.4 Å². The molecule has 0 aliphatic heterocycles. The molecule has 98 valence electrons. The van der Waals surface area contributed by atoms with Crippen LogP contribution in [0.5, 0.6) is 5.75 Å². The van der Waals surface area contributed by atoms with Crippen molar-refractivity contribution >= 4 is 23.4 Å². The Bertz CT molecular complexity index is 567. The number of phenols is 1. The van der Waals surface area contributed by atoms with Gasteiger partial charge in [0.15, 0.2) is 0 Å². The standard InChI is InChI=1S/C15H15NO2S/c1-19-14-7-5-12(6-8-14)16-15(18)10-11-3-2-4-13(17)9-11/h2-9,17H,10H2,1H3,(H,16,18). The van der Waals surface area contributed by atoms with Gasteiger partial charge in [-0.1, -0.05) is 12.1 Å². The molecule has 0 heterocycles. The van der Waals surface area contributed by atoms with Crippen LogP contribution in [-0.4, -0.2) is 17.3 Å². The summed E-state index contributed by atoms with van der Waals surface area (Å²) in [5.41, 5.74) is 1.57. The van der Waals surface area contributed by atoms with Crippen molar-refractivity contribution in [3.8, 4) is 5.75 Å². The third-order valence-electron chi connectivity index (χ3n) is 2.65. The molecule has 0 atom stereocenters. The first-order chi connectivity index (χ1) is 9.17. The van der Waals surface area contributed by atoms with Crippen molar-refractivity contribution < 1.29 is 9.90 Å². The lowest BCUT2D eigenvalue weighted by Crippen LogP contribution is -2.14. The number of anilines is 1. The van der Waals surface area contributed by atoms with Gasteiger partial charge in [0.2, 0.25) is 5.91 Å². The van der Waals surface area contributed by atoms with E-state index in [9.17, 15) is 9.90 Å². The second-order valence-electron chi connectivity index (χ2n) is 4.12. The summed E-state index contributed by atoms with van der Waals surface area (Å²) in [6.07, 6.45) is 2.26. The number of aromatic hydroxyl groups is 1. The first kappa shape index (κ1) is 13.5. The van der Waals surface area contributed by atoms with Crippen LogP contribution in [0.15, 0.2) is 53.4 Å². The molecule has 19 heavy (non-hydrogen) atoms. The Balaban J connectivity index is 1.97. The molecular weight excluding hydrogens is 258 g/mol. The molecule has 0 radical (unpaired) electrons. The molecule has 0 bridgehead atoms. The van der Waals surface area contributed by atoms with Crippen LogP contribution in [0.4, 0.5) is 5.69 Å². The quantitative estimate of drug-likeness (QED) is 0.840. The van der Waals surface area contributed by atoms with Crippen molar-refractivity contribution in [1.82, 2.24) is 0 Å². The van der Waals surface area contributed by atoms with Crippen molar-refractivity contribution in [1.29, 1.82) is 0 Å². The Morgan fingerprint density at radius 1 is 1.21 bits per heavy atom. The second-order valence-corrected chi connectivity index (χ2v) is 5.00. The molecule has 2 aromatic rings. The van der Waals surface area contributed by atoms with Crippen molar-refractivity contribution in [3.63, 3.8) is 0 Å². The molecule has 0 aliphatic carbocycles. The fourth-order valence-electron chi connectivity index (χ4n) is 1.73. The van der Waals surface area contributed by atoms with Gasteiger partial charge in [0.1, 0.15) is 5.75 Å². The molecule has 0 spiro atoms. The van der Waals surface area contributed by atoms with E-state index in [2.05, 4.69) is 5.32 Å². The highest BCUT2D eigenvalue weighted by molar-refractivity contribution is 7.98. The molecular formula is C15H15NO2S. The van der Waals surface area contributed by atoms with Crippen molar-refractivity contribution in [2.24, 2.45) is 0 Å². The van der Waals surface area contributed by atoms with Gasteiger partial charge in [-0.15, -0.1) is 11.8 Å². The Hall–Kier alpha value is -1.94. The van der Waals surface area contributed by atoms with Crippen molar-refractivity contribution in [3.05, 3.63) is 54.1 Å². The van der Waals surface area contributed by atoms with Gasteiger partial charge in [0.05, 0.1) is 6.42 Å². The van der Waals surface area contributed by atoms with Crippen molar-refractivity contribution in [2.75, 3.05) is 11.6 Å². The highest BCUT2D eigenvalue weighted by Crippen LogP contribution is 2.18. The average molecular weight is 273 g/mol. The summed E-state index contributed by atoms with van der Waals surface area (Å²) in [5.74, 6) is 0.0807. The molecule has 0 unspecified atom stereocenters. The van der Waals surface area contributed by atoms with Crippen LogP contribution in [0.25, 0.3) is 0 Å². The Morgan fingerprint density at radius 2 is 1.95 bits per heavy atom. The number of thioether (sulfide) groups is 1. The summed E-state index contributed by atoms with van der Waals surface area (Å²) < 4.78 is 0. The van der Waals surface area contributed by atoms with Gasteiger partial charge in [-0.25, -0.2) is 0 Å². The van der Waals surface area contributed by atoms with Crippen LogP contribution in [0.1, 0.15) is 5.56 Å². The maximum absolute atomic E-state index is 11.8. The second kappa shape index (κ2) is 6.29. The molecule has 0 fully saturated rings. The molecule has 0 aliphatic rings. The molecule has 0 aromatic heterocycles. The monoisotopic (exact) mass is 273 g/mol. The molecule has 0 saturated carbocycles. The van der Waals surface area contributed by atoms with E-state index in [1.165, 1.54) is 0 Å². The molecule has 3 nitrogen and oxygen atoms in total. The normalized spacial score (nSPS) is 10.2. The zero-order chi connectivity index (χ0) is 13.7. The topological polar surface area (TPSA) is 49.3 Å². The Kier molecular flexibility index (Phi) is 4.47. The smallest absolute Gasteiger partial charge is 0.228 e. The number of carbonyl (C=O) groups excluding carboxylic acids is 1. The number of rotatable bonds is 4. The maximum atomic E-state index is 11.8. The number of carbonyl (C=O) groups is 1. The predicted molar refractivity (Wildman–Crippen MR) is 78.7 cm³/mol. The first-order valence-corrected chi connectivity index (χ1v) is 7.11. The lowest BCUT2D eigenvalue weighted by molar-refractivity contribution is -0.115. The van der Waals surface area contributed by atoms with E-state index in [0.29, 0.717) is 0 Å². The minimum Gasteiger partial charge on any atom is -0.508 e. The Labute approximate surface area is 116 Å². The largest absolute Gasteiger partial charge is 0.508 e. The van der Waals surface area contributed by atoms with Gasteiger partial charge in [-0.05, 0) is 48.2 Å². The number of hydrogen-bond acceptors (Lipinski definition) is 3. The fraction of sp³-hybridized carbons (Fsp3) is 0.133. The van der Waals surface area contributed by atoms with E-state index < -0.39 is 0 Å². The first-order valence-electron chi connectivity index (χ1n) is 5.89. The van der Waals surface area contributed by atoms with Gasteiger partial charge in [-0.3, -0.25) is 4.79 Å². The zero-order valence-corrected chi connectivity index (χ0v) is 11.4. The lowest BCUT2D eigenvalue weighted by atomic mass is 10.1. The summed E-state index contributed by atoms with van der Waals surface area (Å²) in [6, 6.07) is 14.4. The van der Waals surface area contributed by atoms with E-state index >= 15 is 0 Å². The maximum Gasteiger partial charge on any atom is 0.228 e. The van der Waals surface area contributed by atoms with Crippen LogP contribution < -0.4 is 5.32 Å². The molecule has 1 amide bonds. The minimum absolute atomic E-state index is 0.0949. The number of nitrogens with one attached hydrogen (secondary N) is 1. The summed E-state index contributed by atoms with van der Waals surface area (Å²) in [5, 5.41) is 12.2. The van der Waals surface area contributed by atoms with Crippen LogP contribution in [0.2, 0.25) is 0 Å². The van der Waals surface area contributed by atoms with Crippen LogP contribution in [0, 0.1) is 0 Å². The van der Waals surface area contributed by atoms with Gasteiger partial charge in [-0.2, -0.15) is 0 Å². The molecule has 2 N–H and O–H groups in total. The fourth-order valence-corrected chi connectivity index (χ4v) is 2.14. The van der Waals surface area contributed by atoms with Crippen LogP contribution >= 0.6 is 11.8 Å². The summed E-state index contributed by atoms with van der Waals surface area (Å²) in [6.45, 7) is 0. The highest BCUT2D eigenvalue weighted by Gasteiger charge is 2.04. The van der Waals surface area contributed by atoms with E-state index in [0.717, 1.165) is 16.1 Å². The Morgan fingerprint density at radius 3 is 2.58 bits per heavy atom. The van der Waals surface area contributed by atoms with Gasteiger partial charge >= 0.3 is 0 Å².